The second-order valence-electron chi connectivity index (χ2n) is 8.05. The number of likely N-dealkylation sites (tertiary alicyclic amines) is 1. The minimum atomic E-state index is -2.68. The smallest absolute Gasteiger partial charge is 0.253 e. The topological polar surface area (TPSA) is 70.4 Å². The number of amides is 1. The summed E-state index contributed by atoms with van der Waals surface area (Å²) in [7, 11) is 1.82. The monoisotopic (exact) mass is 412 g/mol. The zero-order chi connectivity index (χ0) is 21.0. The lowest BCUT2D eigenvalue weighted by atomic mass is 10.0. The number of carbonyl (C=O) groups excluding carboxylic acids is 1. The van der Waals surface area contributed by atoms with E-state index in [0.29, 0.717) is 12.1 Å². The first kappa shape index (κ1) is 19.1. The van der Waals surface area contributed by atoms with E-state index in [9.17, 15) is 18.7 Å². The van der Waals surface area contributed by atoms with Gasteiger partial charge in [0.25, 0.3) is 11.8 Å². The van der Waals surface area contributed by atoms with Gasteiger partial charge in [-0.1, -0.05) is 12.1 Å². The molecule has 1 unspecified atom stereocenters. The number of benzene rings is 2. The third-order valence-electron chi connectivity index (χ3n) is 6.08. The molecule has 3 heterocycles. The SMILES string of the molecule is Cn1nc(-c2ccc3c(c2)CNC3O)c2ccc(C(=O)N3CCC(F)(F)CC3)cc21. The molecule has 0 saturated carbocycles. The van der Waals surface area contributed by atoms with Crippen LogP contribution in [0.5, 0.6) is 0 Å². The molecule has 1 saturated heterocycles. The van der Waals surface area contributed by atoms with Crippen molar-refractivity contribution in [2.75, 3.05) is 13.1 Å². The van der Waals surface area contributed by atoms with Gasteiger partial charge in [-0.15, -0.1) is 0 Å². The molecule has 30 heavy (non-hydrogen) atoms. The highest BCUT2D eigenvalue weighted by molar-refractivity contribution is 6.01. The number of piperidine rings is 1. The summed E-state index contributed by atoms with van der Waals surface area (Å²) in [4.78, 5) is 14.3. The number of aromatic nitrogens is 2. The van der Waals surface area contributed by atoms with Crippen LogP contribution in [-0.4, -0.2) is 44.7 Å². The van der Waals surface area contributed by atoms with Gasteiger partial charge < -0.3 is 10.0 Å². The number of hydrogen-bond acceptors (Lipinski definition) is 4. The summed E-state index contributed by atoms with van der Waals surface area (Å²) in [5.74, 6) is -2.91. The van der Waals surface area contributed by atoms with Gasteiger partial charge in [0.05, 0.1) is 5.52 Å². The minimum absolute atomic E-state index is 0.0650. The molecule has 1 aromatic heterocycles. The van der Waals surface area contributed by atoms with Crippen molar-refractivity contribution >= 4 is 16.8 Å². The number of aliphatic hydroxyl groups excluding tert-OH is 1. The van der Waals surface area contributed by atoms with Gasteiger partial charge in [0, 0.05) is 56.0 Å². The summed E-state index contributed by atoms with van der Waals surface area (Å²) in [6.45, 7) is 0.730. The van der Waals surface area contributed by atoms with E-state index in [2.05, 4.69) is 10.4 Å². The van der Waals surface area contributed by atoms with E-state index < -0.39 is 12.2 Å². The highest BCUT2D eigenvalue weighted by atomic mass is 19.3. The number of halogens is 2. The Labute approximate surface area is 172 Å². The third kappa shape index (κ3) is 3.16. The molecule has 0 aliphatic carbocycles. The second-order valence-corrected chi connectivity index (χ2v) is 8.05. The molecular weight excluding hydrogens is 390 g/mol. The van der Waals surface area contributed by atoms with Crippen molar-refractivity contribution in [2.45, 2.75) is 31.5 Å². The molecule has 2 aliphatic rings. The Morgan fingerprint density at radius 2 is 1.97 bits per heavy atom. The Morgan fingerprint density at radius 3 is 2.73 bits per heavy atom. The van der Waals surface area contributed by atoms with E-state index in [0.717, 1.165) is 33.3 Å². The third-order valence-corrected chi connectivity index (χ3v) is 6.08. The zero-order valence-electron chi connectivity index (χ0n) is 16.5. The molecule has 2 N–H and O–H groups in total. The number of rotatable bonds is 2. The van der Waals surface area contributed by atoms with Crippen molar-refractivity contribution in [3.05, 3.63) is 53.1 Å². The normalized spacial score (nSPS) is 20.5. The average Bonchev–Trinajstić information content (AvgIpc) is 3.27. The Bertz CT molecular complexity index is 1150. The highest BCUT2D eigenvalue weighted by Crippen LogP contribution is 2.33. The van der Waals surface area contributed by atoms with Crippen molar-refractivity contribution in [1.29, 1.82) is 0 Å². The summed E-state index contributed by atoms with van der Waals surface area (Å²) >= 11 is 0. The highest BCUT2D eigenvalue weighted by Gasteiger charge is 2.35. The molecule has 5 rings (SSSR count). The number of nitrogens with one attached hydrogen (secondary N) is 1. The van der Waals surface area contributed by atoms with E-state index in [1.54, 1.807) is 16.8 Å². The van der Waals surface area contributed by atoms with Gasteiger partial charge in [0.15, 0.2) is 0 Å². The quantitative estimate of drug-likeness (QED) is 0.678. The van der Waals surface area contributed by atoms with Crippen LogP contribution < -0.4 is 5.32 Å². The predicted octanol–water partition coefficient (Wildman–Crippen LogP) is 3.21. The number of nitrogens with zero attached hydrogens (tertiary/aromatic N) is 3. The van der Waals surface area contributed by atoms with Gasteiger partial charge in [-0.05, 0) is 35.4 Å². The van der Waals surface area contributed by atoms with Crippen LogP contribution in [0.25, 0.3) is 22.2 Å². The van der Waals surface area contributed by atoms with Gasteiger partial charge in [0.1, 0.15) is 11.9 Å². The first-order valence-electron chi connectivity index (χ1n) is 10.0. The zero-order valence-corrected chi connectivity index (χ0v) is 16.5. The Morgan fingerprint density at radius 1 is 1.20 bits per heavy atom. The Balaban J connectivity index is 1.47. The molecule has 1 fully saturated rings. The molecule has 2 aromatic carbocycles. The first-order valence-corrected chi connectivity index (χ1v) is 10.0. The van der Waals surface area contributed by atoms with E-state index in [1.807, 2.05) is 31.3 Å². The fourth-order valence-electron chi connectivity index (χ4n) is 4.31. The molecule has 1 atom stereocenters. The van der Waals surface area contributed by atoms with E-state index >= 15 is 0 Å². The van der Waals surface area contributed by atoms with E-state index in [-0.39, 0.29) is 31.8 Å². The Hall–Kier alpha value is -2.84. The van der Waals surface area contributed by atoms with Crippen LogP contribution in [0, 0.1) is 0 Å². The summed E-state index contributed by atoms with van der Waals surface area (Å²) in [5, 5.41) is 18.5. The summed E-state index contributed by atoms with van der Waals surface area (Å²) < 4.78 is 28.5. The number of carbonyl (C=O) groups is 1. The lowest BCUT2D eigenvalue weighted by Crippen LogP contribution is -2.42. The second kappa shape index (κ2) is 6.85. The van der Waals surface area contributed by atoms with Crippen molar-refractivity contribution in [1.82, 2.24) is 20.0 Å². The van der Waals surface area contributed by atoms with Crippen LogP contribution in [0.3, 0.4) is 0 Å². The standard InChI is InChI=1S/C22H22F2N4O2/c1-27-18-11-14(21(30)28-8-6-22(23,24)7-9-28)3-5-17(18)19(26-27)13-2-4-16-15(10-13)12-25-20(16)29/h2-5,10-11,20,25,29H,6-9,12H2,1H3. The summed E-state index contributed by atoms with van der Waals surface area (Å²) in [5.41, 5.74) is 4.92. The van der Waals surface area contributed by atoms with Gasteiger partial charge in [0.2, 0.25) is 0 Å². The maximum absolute atomic E-state index is 13.4. The molecule has 6 nitrogen and oxygen atoms in total. The van der Waals surface area contributed by atoms with Crippen LogP contribution in [0.4, 0.5) is 8.78 Å². The van der Waals surface area contributed by atoms with E-state index in [4.69, 9.17) is 0 Å². The Kier molecular flexibility index (Phi) is 4.37. The number of aryl methyl sites for hydroxylation is 1. The van der Waals surface area contributed by atoms with Crippen LogP contribution in [0.2, 0.25) is 0 Å². The van der Waals surface area contributed by atoms with Crippen molar-refractivity contribution in [3.8, 4) is 11.3 Å². The van der Waals surface area contributed by atoms with Crippen molar-refractivity contribution in [3.63, 3.8) is 0 Å². The van der Waals surface area contributed by atoms with E-state index in [1.165, 1.54) is 4.90 Å². The van der Waals surface area contributed by atoms with Crippen LogP contribution >= 0.6 is 0 Å². The van der Waals surface area contributed by atoms with Crippen molar-refractivity contribution in [2.24, 2.45) is 7.05 Å². The molecule has 0 spiro atoms. The van der Waals surface area contributed by atoms with Crippen LogP contribution in [0.15, 0.2) is 36.4 Å². The molecule has 2 aliphatic heterocycles. The van der Waals surface area contributed by atoms with Crippen LogP contribution in [-0.2, 0) is 13.6 Å². The number of hydrogen-bond donors (Lipinski definition) is 2. The van der Waals surface area contributed by atoms with Gasteiger partial charge in [-0.25, -0.2) is 8.78 Å². The maximum Gasteiger partial charge on any atom is 0.253 e. The molecule has 3 aromatic rings. The number of alkyl halides is 2. The van der Waals surface area contributed by atoms with Gasteiger partial charge in [-0.3, -0.25) is 14.8 Å². The number of fused-ring (bicyclic) bond motifs is 2. The molecule has 1 amide bonds. The fourth-order valence-corrected chi connectivity index (χ4v) is 4.31. The van der Waals surface area contributed by atoms with Crippen LogP contribution in [0.1, 0.15) is 40.6 Å². The van der Waals surface area contributed by atoms with Crippen molar-refractivity contribution < 1.29 is 18.7 Å². The molecular formula is C22H22F2N4O2. The molecule has 0 bridgehead atoms. The minimum Gasteiger partial charge on any atom is -0.374 e. The molecule has 0 radical (unpaired) electrons. The fraction of sp³-hybridized carbons (Fsp3) is 0.364. The maximum atomic E-state index is 13.4. The first-order chi connectivity index (χ1) is 14.3. The average molecular weight is 412 g/mol. The predicted molar refractivity (Wildman–Crippen MR) is 108 cm³/mol. The lowest BCUT2D eigenvalue weighted by Gasteiger charge is -2.31. The summed E-state index contributed by atoms with van der Waals surface area (Å²) in [6.07, 6.45) is -1.23. The largest absolute Gasteiger partial charge is 0.374 e. The number of aliphatic hydroxyl groups is 1. The molecule has 8 heteroatoms. The summed E-state index contributed by atoms with van der Waals surface area (Å²) in [6, 6.07) is 11.2. The van der Waals surface area contributed by atoms with Gasteiger partial charge in [-0.2, -0.15) is 5.10 Å². The lowest BCUT2D eigenvalue weighted by molar-refractivity contribution is -0.0494. The molecule has 156 valence electrons. The van der Waals surface area contributed by atoms with Gasteiger partial charge >= 0.3 is 0 Å².